The Morgan fingerprint density at radius 1 is 0.960 bits per heavy atom. The van der Waals surface area contributed by atoms with Crippen molar-refractivity contribution in [1.29, 1.82) is 0 Å². The summed E-state index contributed by atoms with van der Waals surface area (Å²) >= 11 is 11.3. The first-order chi connectivity index (χ1) is 11.3. The Labute approximate surface area is 146 Å². The molecule has 5 N–H and O–H groups in total. The lowest BCUT2D eigenvalue weighted by Gasteiger charge is -2.18. The molecule has 1 aromatic heterocycles. The molecule has 0 spiro atoms. The van der Waals surface area contributed by atoms with E-state index in [0.29, 0.717) is 18.3 Å². The highest BCUT2D eigenvalue weighted by atomic mass is 35.5. The van der Waals surface area contributed by atoms with Crippen molar-refractivity contribution in [2.24, 2.45) is 0 Å². The van der Waals surface area contributed by atoms with Crippen LogP contribution in [0.2, 0.25) is 10.0 Å². The van der Waals surface area contributed by atoms with Gasteiger partial charge in [0.1, 0.15) is 5.82 Å². The first kappa shape index (κ1) is 19.3. The largest absolute Gasteiger partial charge is 0.417 e. The summed E-state index contributed by atoms with van der Waals surface area (Å²) < 4.78 is 76.2. The normalized spacial score (nSPS) is 12.3. The Kier molecular flexibility index (Phi) is 4.88. The Hall–Kier alpha value is -2.07. The van der Waals surface area contributed by atoms with Crippen molar-refractivity contribution >= 4 is 46.1 Å². The molecule has 0 aliphatic heterocycles. The molecule has 0 aliphatic carbocycles. The van der Waals surface area contributed by atoms with Crippen LogP contribution in [0.1, 0.15) is 11.1 Å². The second-order valence-corrected chi connectivity index (χ2v) is 5.58. The maximum atomic E-state index is 12.8. The van der Waals surface area contributed by atoms with Crippen molar-refractivity contribution in [1.82, 2.24) is 4.98 Å². The van der Waals surface area contributed by atoms with E-state index in [-0.39, 0.29) is 11.5 Å². The highest BCUT2D eigenvalue weighted by molar-refractivity contribution is 6.35. The third-order valence-electron chi connectivity index (χ3n) is 3.05. The second kappa shape index (κ2) is 6.34. The summed E-state index contributed by atoms with van der Waals surface area (Å²) in [5.41, 5.74) is 7.49. The molecule has 0 unspecified atom stereocenters. The number of nitrogens with zero attached hydrogens (tertiary/aromatic N) is 1. The van der Waals surface area contributed by atoms with Crippen molar-refractivity contribution < 1.29 is 26.3 Å². The zero-order valence-electron chi connectivity index (χ0n) is 11.9. The second-order valence-electron chi connectivity index (χ2n) is 4.79. The molecular weight excluding hydrogens is 397 g/mol. The molecule has 25 heavy (non-hydrogen) atoms. The number of nitrogens with one attached hydrogen (secondary N) is 1. The molecule has 0 amide bonds. The molecule has 4 nitrogen and oxygen atoms in total. The maximum Gasteiger partial charge on any atom is 0.417 e. The molecular formula is C13H8Cl2F6N4. The predicted octanol–water partition coefficient (Wildman–Crippen LogP) is 5.33. The monoisotopic (exact) mass is 404 g/mol. The van der Waals surface area contributed by atoms with Crippen LogP contribution in [0, 0.1) is 0 Å². The molecule has 0 saturated carbocycles. The van der Waals surface area contributed by atoms with Gasteiger partial charge in [0.25, 0.3) is 0 Å². The van der Waals surface area contributed by atoms with Crippen LogP contribution < -0.4 is 16.8 Å². The molecule has 0 saturated heterocycles. The summed E-state index contributed by atoms with van der Waals surface area (Å²) in [6, 6.07) is 1.13. The van der Waals surface area contributed by atoms with Gasteiger partial charge in [0.15, 0.2) is 0 Å². The number of nitrogen functional groups attached to an aromatic ring is 2. The quantitative estimate of drug-likeness (QED) is 0.466. The third-order valence-corrected chi connectivity index (χ3v) is 3.74. The van der Waals surface area contributed by atoms with Crippen molar-refractivity contribution in [2.45, 2.75) is 12.4 Å². The predicted molar refractivity (Wildman–Crippen MR) is 82.8 cm³/mol. The van der Waals surface area contributed by atoms with E-state index in [0.717, 1.165) is 0 Å². The average molecular weight is 405 g/mol. The first-order valence-corrected chi connectivity index (χ1v) is 7.02. The van der Waals surface area contributed by atoms with E-state index in [1.54, 1.807) is 0 Å². The Morgan fingerprint density at radius 2 is 1.56 bits per heavy atom. The van der Waals surface area contributed by atoms with Crippen LogP contribution in [0.25, 0.3) is 0 Å². The Bertz CT molecular complexity index is 820. The van der Waals surface area contributed by atoms with Crippen molar-refractivity contribution in [3.8, 4) is 0 Å². The summed E-state index contributed by atoms with van der Waals surface area (Å²) in [7, 11) is 0. The minimum absolute atomic E-state index is 0.257. The van der Waals surface area contributed by atoms with E-state index >= 15 is 0 Å². The van der Waals surface area contributed by atoms with E-state index in [1.807, 2.05) is 0 Å². The van der Waals surface area contributed by atoms with Gasteiger partial charge in [0, 0.05) is 6.20 Å². The van der Waals surface area contributed by atoms with Crippen molar-refractivity contribution in [3.63, 3.8) is 0 Å². The SMILES string of the molecule is Nc1cc(C(F)(F)F)c(Cl)c(N)c1Nc1ncc(C(F)(F)F)cc1Cl. The van der Waals surface area contributed by atoms with E-state index in [1.165, 1.54) is 0 Å². The van der Waals surface area contributed by atoms with Gasteiger partial charge in [-0.2, -0.15) is 26.3 Å². The van der Waals surface area contributed by atoms with E-state index in [4.69, 9.17) is 34.7 Å². The molecule has 2 rings (SSSR count). The van der Waals surface area contributed by atoms with Gasteiger partial charge in [-0.1, -0.05) is 23.2 Å². The van der Waals surface area contributed by atoms with Crippen LogP contribution >= 0.6 is 23.2 Å². The van der Waals surface area contributed by atoms with Gasteiger partial charge in [0.05, 0.1) is 38.2 Å². The molecule has 136 valence electrons. The molecule has 0 bridgehead atoms. The number of alkyl halides is 6. The summed E-state index contributed by atoms with van der Waals surface area (Å²) in [4.78, 5) is 3.48. The molecule has 0 aliphatic rings. The van der Waals surface area contributed by atoms with Gasteiger partial charge >= 0.3 is 12.4 Å². The molecule has 12 heteroatoms. The summed E-state index contributed by atoms with van der Waals surface area (Å²) in [6.07, 6.45) is -8.96. The lowest BCUT2D eigenvalue weighted by molar-refractivity contribution is -0.138. The summed E-state index contributed by atoms with van der Waals surface area (Å²) in [5, 5.41) is 1.14. The fourth-order valence-corrected chi connectivity index (χ4v) is 2.32. The fourth-order valence-electron chi connectivity index (χ4n) is 1.85. The molecule has 0 radical (unpaired) electrons. The number of benzene rings is 1. The van der Waals surface area contributed by atoms with E-state index in [9.17, 15) is 26.3 Å². The standard InChI is InChI=1S/C13H8Cl2F6N4/c14-6-1-4(12(16,17)18)3-24-11(6)25-10-7(22)2-5(13(19,20)21)8(15)9(10)23/h1-3H,22-23H2,(H,24,25). The smallest absolute Gasteiger partial charge is 0.397 e. The van der Waals surface area contributed by atoms with Crippen molar-refractivity contribution in [2.75, 3.05) is 16.8 Å². The van der Waals surface area contributed by atoms with Gasteiger partial charge in [-0.05, 0) is 12.1 Å². The number of halogens is 8. The van der Waals surface area contributed by atoms with Crippen LogP contribution in [-0.4, -0.2) is 4.98 Å². The summed E-state index contributed by atoms with van der Waals surface area (Å²) in [6.45, 7) is 0. The van der Waals surface area contributed by atoms with Gasteiger partial charge in [-0.15, -0.1) is 0 Å². The van der Waals surface area contributed by atoms with Crippen LogP contribution in [-0.2, 0) is 12.4 Å². The number of nitrogens with two attached hydrogens (primary N) is 2. The van der Waals surface area contributed by atoms with Gasteiger partial charge < -0.3 is 16.8 Å². The number of hydrogen-bond donors (Lipinski definition) is 3. The fraction of sp³-hybridized carbons (Fsp3) is 0.154. The highest BCUT2D eigenvalue weighted by Crippen LogP contribution is 2.44. The summed E-state index contributed by atoms with van der Waals surface area (Å²) in [5.74, 6) is -0.288. The Morgan fingerprint density at radius 3 is 2.04 bits per heavy atom. The minimum atomic E-state index is -4.79. The number of rotatable bonds is 2. The lowest BCUT2D eigenvalue weighted by atomic mass is 10.1. The van der Waals surface area contributed by atoms with Crippen molar-refractivity contribution in [3.05, 3.63) is 39.5 Å². The topological polar surface area (TPSA) is 77.0 Å². The average Bonchev–Trinajstić information content (AvgIpc) is 2.46. The van der Waals surface area contributed by atoms with Gasteiger partial charge in [-0.3, -0.25) is 0 Å². The van der Waals surface area contributed by atoms with Crippen LogP contribution in [0.4, 0.5) is 49.2 Å². The molecule has 1 aromatic carbocycles. The van der Waals surface area contributed by atoms with E-state index < -0.39 is 44.9 Å². The maximum absolute atomic E-state index is 12.8. The molecule has 0 fully saturated rings. The van der Waals surface area contributed by atoms with Gasteiger partial charge in [0.2, 0.25) is 0 Å². The molecule has 2 aromatic rings. The molecule has 1 heterocycles. The zero-order chi connectivity index (χ0) is 19.2. The number of pyridine rings is 1. The highest BCUT2D eigenvalue weighted by Gasteiger charge is 2.36. The number of aromatic nitrogens is 1. The lowest BCUT2D eigenvalue weighted by Crippen LogP contribution is -2.11. The zero-order valence-corrected chi connectivity index (χ0v) is 13.4. The third kappa shape index (κ3) is 3.96. The first-order valence-electron chi connectivity index (χ1n) is 6.26. The minimum Gasteiger partial charge on any atom is -0.397 e. The number of hydrogen-bond acceptors (Lipinski definition) is 4. The molecule has 0 atom stereocenters. The Balaban J connectivity index is 2.47. The van der Waals surface area contributed by atoms with Crippen LogP contribution in [0.3, 0.4) is 0 Å². The number of anilines is 4. The van der Waals surface area contributed by atoms with Crippen LogP contribution in [0.15, 0.2) is 18.3 Å². The van der Waals surface area contributed by atoms with Crippen LogP contribution in [0.5, 0.6) is 0 Å². The van der Waals surface area contributed by atoms with E-state index in [2.05, 4.69) is 10.3 Å². The van der Waals surface area contributed by atoms with Gasteiger partial charge in [-0.25, -0.2) is 4.98 Å².